The normalized spacial score (nSPS) is 19.2. The molecule has 28 heavy (non-hydrogen) atoms. The van der Waals surface area contributed by atoms with E-state index >= 15 is 0 Å². The molecule has 0 unspecified atom stereocenters. The Morgan fingerprint density at radius 1 is 1.36 bits per heavy atom. The van der Waals surface area contributed by atoms with Gasteiger partial charge in [-0.15, -0.1) is 0 Å². The number of carbonyl (C=O) groups is 2. The van der Waals surface area contributed by atoms with E-state index in [1.165, 1.54) is 6.92 Å². The smallest absolute Gasteiger partial charge is 0.307 e. The quantitative estimate of drug-likeness (QED) is 0.648. The van der Waals surface area contributed by atoms with Crippen LogP contribution in [0.4, 0.5) is 0 Å². The Morgan fingerprint density at radius 2 is 2.11 bits per heavy atom. The Balaban J connectivity index is 1.51. The standard InChI is InChI=1S/C18H21N3O6S/c1-11(17(23)19-12-8-9-28(25,26)10-12)27-16(22)7-6-15-20-14-5-3-2-4-13(14)18(24)21-15/h2-5,11-12H,6-10H2,1H3,(H,19,23)(H,20,21,24)/t11-,12-/m1/s1. The molecule has 2 aromatic rings. The molecule has 0 aliphatic carbocycles. The van der Waals surface area contributed by atoms with Crippen molar-refractivity contribution in [2.45, 2.75) is 38.3 Å². The van der Waals surface area contributed by atoms with E-state index in [1.807, 2.05) is 0 Å². The molecule has 0 spiro atoms. The zero-order valence-corrected chi connectivity index (χ0v) is 16.1. The SMILES string of the molecule is C[C@@H](OC(=O)CCc1nc2ccccc2c(=O)[nH]1)C(=O)N[C@@H]1CCS(=O)(=O)C1. The monoisotopic (exact) mass is 407 g/mol. The molecule has 1 aliphatic rings. The number of carbonyl (C=O) groups excluding carboxylic acids is 2. The van der Waals surface area contributed by atoms with Crippen molar-refractivity contribution >= 4 is 32.6 Å². The topological polar surface area (TPSA) is 135 Å². The Labute approximate surface area is 161 Å². The van der Waals surface area contributed by atoms with Gasteiger partial charge in [-0.3, -0.25) is 14.4 Å². The number of amides is 1. The summed E-state index contributed by atoms with van der Waals surface area (Å²) >= 11 is 0. The average molecular weight is 407 g/mol. The van der Waals surface area contributed by atoms with Crippen LogP contribution >= 0.6 is 0 Å². The number of ether oxygens (including phenoxy) is 1. The van der Waals surface area contributed by atoms with Gasteiger partial charge >= 0.3 is 5.97 Å². The first-order chi connectivity index (χ1) is 13.2. The van der Waals surface area contributed by atoms with E-state index < -0.39 is 33.9 Å². The van der Waals surface area contributed by atoms with E-state index in [9.17, 15) is 22.8 Å². The maximum atomic E-state index is 12.1. The zero-order valence-electron chi connectivity index (χ0n) is 15.3. The summed E-state index contributed by atoms with van der Waals surface area (Å²) in [6.07, 6.45) is -0.583. The molecule has 2 atom stereocenters. The lowest BCUT2D eigenvalue weighted by molar-refractivity contribution is -0.155. The van der Waals surface area contributed by atoms with Crippen molar-refractivity contribution in [3.63, 3.8) is 0 Å². The lowest BCUT2D eigenvalue weighted by atomic mass is 10.2. The predicted octanol–water partition coefficient (Wildman–Crippen LogP) is 0.0907. The Hall–Kier alpha value is -2.75. The van der Waals surface area contributed by atoms with Crippen LogP contribution in [0.5, 0.6) is 0 Å². The summed E-state index contributed by atoms with van der Waals surface area (Å²) in [7, 11) is -3.11. The van der Waals surface area contributed by atoms with Crippen molar-refractivity contribution < 1.29 is 22.7 Å². The van der Waals surface area contributed by atoms with Gasteiger partial charge in [-0.05, 0) is 25.5 Å². The fraction of sp³-hybridized carbons (Fsp3) is 0.444. The van der Waals surface area contributed by atoms with E-state index in [2.05, 4.69) is 15.3 Å². The number of hydrogen-bond donors (Lipinski definition) is 2. The molecule has 1 amide bonds. The van der Waals surface area contributed by atoms with E-state index in [4.69, 9.17) is 4.74 Å². The number of rotatable bonds is 6. The van der Waals surface area contributed by atoms with Crippen LogP contribution in [0, 0.1) is 0 Å². The van der Waals surface area contributed by atoms with Crippen molar-refractivity contribution in [1.82, 2.24) is 15.3 Å². The van der Waals surface area contributed by atoms with E-state index in [-0.39, 0.29) is 29.9 Å². The summed E-state index contributed by atoms with van der Waals surface area (Å²) in [4.78, 5) is 43.0. The minimum Gasteiger partial charge on any atom is -0.453 e. The Kier molecular flexibility index (Phi) is 5.78. The highest BCUT2D eigenvalue weighted by atomic mass is 32.2. The number of nitrogens with one attached hydrogen (secondary N) is 2. The lowest BCUT2D eigenvalue weighted by Crippen LogP contribution is -2.42. The first kappa shape index (κ1) is 20.0. The van der Waals surface area contributed by atoms with Crippen LogP contribution in [-0.4, -0.2) is 53.9 Å². The number of aromatic amines is 1. The second-order valence-corrected chi connectivity index (χ2v) is 9.00. The fourth-order valence-electron chi connectivity index (χ4n) is 3.01. The average Bonchev–Trinajstić information content (AvgIpc) is 2.98. The number of esters is 1. The van der Waals surface area contributed by atoms with Crippen LogP contribution in [0.3, 0.4) is 0 Å². The summed E-state index contributed by atoms with van der Waals surface area (Å²) in [5, 5.41) is 3.05. The third-order valence-corrected chi connectivity index (χ3v) is 6.25. The van der Waals surface area contributed by atoms with Crippen molar-refractivity contribution in [2.24, 2.45) is 0 Å². The number of sulfone groups is 1. The van der Waals surface area contributed by atoms with Gasteiger partial charge in [0.05, 0.1) is 28.8 Å². The van der Waals surface area contributed by atoms with Crippen LogP contribution in [0.25, 0.3) is 10.9 Å². The highest BCUT2D eigenvalue weighted by molar-refractivity contribution is 7.91. The van der Waals surface area contributed by atoms with E-state index in [1.54, 1.807) is 24.3 Å². The number of aromatic nitrogens is 2. The molecule has 3 rings (SSSR count). The molecule has 10 heteroatoms. The summed E-state index contributed by atoms with van der Waals surface area (Å²) in [6.45, 7) is 1.42. The molecule has 150 valence electrons. The van der Waals surface area contributed by atoms with E-state index in [0.717, 1.165) is 0 Å². The molecule has 1 fully saturated rings. The largest absolute Gasteiger partial charge is 0.453 e. The number of para-hydroxylation sites is 1. The number of aryl methyl sites for hydroxylation is 1. The summed E-state index contributed by atoms with van der Waals surface area (Å²) in [5.74, 6) is -0.845. The first-order valence-electron chi connectivity index (χ1n) is 8.92. The van der Waals surface area contributed by atoms with Gasteiger partial charge in [0.25, 0.3) is 11.5 Å². The van der Waals surface area contributed by atoms with Gasteiger partial charge in [0, 0.05) is 12.5 Å². The Morgan fingerprint density at radius 3 is 2.82 bits per heavy atom. The van der Waals surface area contributed by atoms with Gasteiger partial charge in [0.15, 0.2) is 15.9 Å². The van der Waals surface area contributed by atoms with Crippen molar-refractivity contribution in [3.8, 4) is 0 Å². The van der Waals surface area contributed by atoms with Gasteiger partial charge in [-0.25, -0.2) is 13.4 Å². The minimum absolute atomic E-state index is 0.0447. The van der Waals surface area contributed by atoms with Crippen LogP contribution < -0.4 is 10.9 Å². The molecule has 1 aliphatic heterocycles. The third-order valence-electron chi connectivity index (χ3n) is 4.48. The van der Waals surface area contributed by atoms with Gasteiger partial charge in [-0.2, -0.15) is 0 Å². The van der Waals surface area contributed by atoms with Crippen molar-refractivity contribution in [2.75, 3.05) is 11.5 Å². The molecule has 0 bridgehead atoms. The predicted molar refractivity (Wildman–Crippen MR) is 101 cm³/mol. The summed E-state index contributed by atoms with van der Waals surface area (Å²) in [6, 6.07) is 6.43. The molecule has 1 aromatic carbocycles. The fourth-order valence-corrected chi connectivity index (χ4v) is 4.68. The van der Waals surface area contributed by atoms with Crippen LogP contribution in [0.1, 0.15) is 25.6 Å². The molecule has 1 saturated heterocycles. The highest BCUT2D eigenvalue weighted by Crippen LogP contribution is 2.12. The van der Waals surface area contributed by atoms with Gasteiger partial charge in [-0.1, -0.05) is 12.1 Å². The number of nitrogens with zero attached hydrogens (tertiary/aromatic N) is 1. The number of H-pyrrole nitrogens is 1. The third kappa shape index (κ3) is 4.94. The second kappa shape index (κ2) is 8.09. The maximum absolute atomic E-state index is 12.1. The van der Waals surface area contributed by atoms with E-state index in [0.29, 0.717) is 23.1 Å². The minimum atomic E-state index is -3.11. The molecule has 2 heterocycles. The van der Waals surface area contributed by atoms with Crippen molar-refractivity contribution in [3.05, 3.63) is 40.4 Å². The molecule has 0 saturated carbocycles. The summed E-state index contributed by atoms with van der Waals surface area (Å²) < 4.78 is 27.9. The van der Waals surface area contributed by atoms with Crippen molar-refractivity contribution in [1.29, 1.82) is 0 Å². The second-order valence-electron chi connectivity index (χ2n) is 6.77. The van der Waals surface area contributed by atoms with Crippen LogP contribution in [0.15, 0.2) is 29.1 Å². The van der Waals surface area contributed by atoms with Gasteiger partial charge < -0.3 is 15.0 Å². The Bertz CT molecular complexity index is 1060. The zero-order chi connectivity index (χ0) is 20.3. The molecular weight excluding hydrogens is 386 g/mol. The molecule has 1 aromatic heterocycles. The molecule has 2 N–H and O–H groups in total. The van der Waals surface area contributed by atoms with Crippen LogP contribution in [-0.2, 0) is 30.6 Å². The molecule has 0 radical (unpaired) electrons. The van der Waals surface area contributed by atoms with Gasteiger partial charge in [0.1, 0.15) is 5.82 Å². The summed E-state index contributed by atoms with van der Waals surface area (Å²) in [5.41, 5.74) is 0.252. The number of hydrogen-bond acceptors (Lipinski definition) is 7. The first-order valence-corrected chi connectivity index (χ1v) is 10.7. The maximum Gasteiger partial charge on any atom is 0.307 e. The lowest BCUT2D eigenvalue weighted by Gasteiger charge is -2.16. The highest BCUT2D eigenvalue weighted by Gasteiger charge is 2.30. The van der Waals surface area contributed by atoms with Crippen LogP contribution in [0.2, 0.25) is 0 Å². The number of benzene rings is 1. The van der Waals surface area contributed by atoms with Gasteiger partial charge in [0.2, 0.25) is 0 Å². The number of fused-ring (bicyclic) bond motifs is 1. The molecule has 9 nitrogen and oxygen atoms in total. The molecular formula is C18H21N3O6S.